The van der Waals surface area contributed by atoms with Crippen LogP contribution in [0.3, 0.4) is 0 Å². The standard InChI is InChI=1S/C35H41N5O8S/c1-21-31(37-32(42)22(2)38(6)34(44)48-35(3,4)5)33(43)39(19-26-25-12-10-9-11-24(25)14-16-29(26)47-7)27-15-13-23(18-36)17-28(27)40(21)30(41)20-49(8,45)46/h9-17,21-22,31H,19-20H2,1-8H3,(H,37,42)/t21-,22-,31-/m0/s1. The van der Waals surface area contributed by atoms with Crippen LogP contribution in [0.1, 0.15) is 45.7 Å². The molecule has 3 atom stereocenters. The smallest absolute Gasteiger partial charge is 0.410 e. The number of likely N-dealkylation sites (N-methyl/N-ethyl adjacent to an activating group) is 1. The lowest BCUT2D eigenvalue weighted by atomic mass is 10.0. The highest BCUT2D eigenvalue weighted by molar-refractivity contribution is 7.91. The summed E-state index contributed by atoms with van der Waals surface area (Å²) in [5, 5.41) is 14.2. The zero-order valence-corrected chi connectivity index (χ0v) is 29.6. The molecule has 0 unspecified atom stereocenters. The number of amides is 4. The Morgan fingerprint density at radius 2 is 1.76 bits per heavy atom. The zero-order valence-electron chi connectivity index (χ0n) is 28.8. The third-order valence-electron chi connectivity index (χ3n) is 8.20. The van der Waals surface area contributed by atoms with Crippen LogP contribution in [-0.2, 0) is 35.5 Å². The molecule has 0 spiro atoms. The summed E-state index contributed by atoms with van der Waals surface area (Å²) in [6.45, 7) is 7.95. The van der Waals surface area contributed by atoms with Crippen LogP contribution in [0.15, 0.2) is 54.6 Å². The van der Waals surface area contributed by atoms with E-state index in [2.05, 4.69) is 5.32 Å². The maximum Gasteiger partial charge on any atom is 0.410 e. The summed E-state index contributed by atoms with van der Waals surface area (Å²) in [7, 11) is -0.952. The molecule has 0 saturated heterocycles. The normalized spacial score (nSPS) is 17.0. The fourth-order valence-corrected chi connectivity index (χ4v) is 6.23. The van der Waals surface area contributed by atoms with Gasteiger partial charge in [-0.05, 0) is 69.7 Å². The average Bonchev–Trinajstić information content (AvgIpc) is 3.10. The first-order chi connectivity index (χ1) is 22.9. The first-order valence-corrected chi connectivity index (χ1v) is 17.6. The number of fused-ring (bicyclic) bond motifs is 2. The van der Waals surface area contributed by atoms with Gasteiger partial charge < -0.3 is 24.6 Å². The van der Waals surface area contributed by atoms with Gasteiger partial charge in [0.1, 0.15) is 29.2 Å². The van der Waals surface area contributed by atoms with Gasteiger partial charge in [0.25, 0.3) is 5.91 Å². The minimum atomic E-state index is -3.84. The van der Waals surface area contributed by atoms with Gasteiger partial charge in [0, 0.05) is 18.9 Å². The van der Waals surface area contributed by atoms with E-state index in [0.29, 0.717) is 11.3 Å². The van der Waals surface area contributed by atoms with E-state index in [1.54, 1.807) is 26.8 Å². The Balaban J connectivity index is 1.89. The minimum absolute atomic E-state index is 0.0805. The molecular formula is C35H41N5O8S. The molecule has 0 saturated carbocycles. The number of rotatable bonds is 8. The Hall–Kier alpha value is -5.16. The second-order valence-corrected chi connectivity index (χ2v) is 15.2. The van der Waals surface area contributed by atoms with Gasteiger partial charge in [-0.1, -0.05) is 30.3 Å². The third-order valence-corrected chi connectivity index (χ3v) is 8.98. The second-order valence-electron chi connectivity index (χ2n) is 13.0. The van der Waals surface area contributed by atoms with Crippen LogP contribution in [0.5, 0.6) is 5.75 Å². The molecule has 0 radical (unpaired) electrons. The van der Waals surface area contributed by atoms with Gasteiger partial charge >= 0.3 is 6.09 Å². The van der Waals surface area contributed by atoms with Crippen molar-refractivity contribution < 1.29 is 37.1 Å². The SMILES string of the molecule is COc1ccc2ccccc2c1CN1C(=O)[C@@H](NC(=O)[C@H](C)N(C)C(=O)OC(C)(C)C)[C@H](C)N(C(=O)CS(C)(=O)=O)c2cc(C#N)ccc21. The highest BCUT2D eigenvalue weighted by Crippen LogP contribution is 2.39. The van der Waals surface area contributed by atoms with Gasteiger partial charge in [0.05, 0.1) is 42.7 Å². The van der Waals surface area contributed by atoms with Crippen molar-refractivity contribution in [3.63, 3.8) is 0 Å². The van der Waals surface area contributed by atoms with Crippen molar-refractivity contribution in [1.82, 2.24) is 10.2 Å². The number of nitriles is 1. The van der Waals surface area contributed by atoms with Crippen molar-refractivity contribution in [3.8, 4) is 11.8 Å². The van der Waals surface area contributed by atoms with Gasteiger partial charge in [0.15, 0.2) is 9.84 Å². The number of nitrogens with one attached hydrogen (secondary N) is 1. The Morgan fingerprint density at radius 1 is 1.08 bits per heavy atom. The van der Waals surface area contributed by atoms with Crippen molar-refractivity contribution in [3.05, 3.63) is 65.7 Å². The van der Waals surface area contributed by atoms with E-state index >= 15 is 0 Å². The molecule has 4 amide bonds. The monoisotopic (exact) mass is 691 g/mol. The molecule has 1 aliphatic rings. The fourth-order valence-electron chi connectivity index (χ4n) is 5.65. The average molecular weight is 692 g/mol. The molecule has 14 heteroatoms. The largest absolute Gasteiger partial charge is 0.496 e. The van der Waals surface area contributed by atoms with Crippen LogP contribution in [0.4, 0.5) is 16.2 Å². The summed E-state index contributed by atoms with van der Waals surface area (Å²) >= 11 is 0. The highest BCUT2D eigenvalue weighted by Gasteiger charge is 2.44. The number of anilines is 2. The fraction of sp³-hybridized carbons (Fsp3) is 0.400. The lowest BCUT2D eigenvalue weighted by molar-refractivity contribution is -0.131. The van der Waals surface area contributed by atoms with E-state index < -0.39 is 63.1 Å². The van der Waals surface area contributed by atoms with Crippen molar-refractivity contribution in [1.29, 1.82) is 5.26 Å². The van der Waals surface area contributed by atoms with Gasteiger partial charge in [-0.3, -0.25) is 19.3 Å². The van der Waals surface area contributed by atoms with Crippen LogP contribution >= 0.6 is 0 Å². The van der Waals surface area contributed by atoms with Crippen LogP contribution in [-0.4, -0.2) is 87.0 Å². The number of nitrogens with zero attached hydrogens (tertiary/aromatic N) is 4. The Kier molecular flexibility index (Phi) is 10.6. The van der Waals surface area contributed by atoms with Crippen LogP contribution in [0.25, 0.3) is 10.8 Å². The Bertz CT molecular complexity index is 1950. The van der Waals surface area contributed by atoms with Gasteiger partial charge in [-0.2, -0.15) is 5.26 Å². The lowest BCUT2D eigenvalue weighted by Crippen LogP contribution is -2.60. The molecule has 13 nitrogen and oxygen atoms in total. The summed E-state index contributed by atoms with van der Waals surface area (Å²) in [4.78, 5) is 58.7. The molecule has 0 bridgehead atoms. The third kappa shape index (κ3) is 8.11. The molecule has 0 aliphatic carbocycles. The molecule has 49 heavy (non-hydrogen) atoms. The number of methoxy groups -OCH3 is 1. The number of hydrogen-bond donors (Lipinski definition) is 1. The van der Waals surface area contributed by atoms with Crippen LogP contribution in [0, 0.1) is 11.3 Å². The van der Waals surface area contributed by atoms with E-state index in [-0.39, 0.29) is 23.5 Å². The molecule has 0 fully saturated rings. The quantitative estimate of drug-likeness (QED) is 0.370. The molecule has 260 valence electrons. The number of sulfone groups is 1. The van der Waals surface area contributed by atoms with Crippen molar-refractivity contribution in [2.75, 3.05) is 36.0 Å². The van der Waals surface area contributed by atoms with Crippen LogP contribution in [0.2, 0.25) is 0 Å². The number of benzene rings is 3. The van der Waals surface area contributed by atoms with Crippen molar-refractivity contribution in [2.24, 2.45) is 0 Å². The number of carbonyl (C=O) groups excluding carboxylic acids is 4. The molecule has 0 aromatic heterocycles. The highest BCUT2D eigenvalue weighted by atomic mass is 32.2. The summed E-state index contributed by atoms with van der Waals surface area (Å²) in [5.74, 6) is -2.61. The molecule has 1 N–H and O–H groups in total. The predicted octanol–water partition coefficient (Wildman–Crippen LogP) is 3.77. The summed E-state index contributed by atoms with van der Waals surface area (Å²) < 4.78 is 35.8. The Labute approximate surface area is 286 Å². The van der Waals surface area contributed by atoms with E-state index in [4.69, 9.17) is 9.47 Å². The molecule has 4 rings (SSSR count). The minimum Gasteiger partial charge on any atom is -0.496 e. The lowest BCUT2D eigenvalue weighted by Gasteiger charge is -2.34. The van der Waals surface area contributed by atoms with Gasteiger partial charge in [-0.15, -0.1) is 0 Å². The summed E-state index contributed by atoms with van der Waals surface area (Å²) in [5.41, 5.74) is 0.293. The topological polar surface area (TPSA) is 166 Å². The number of ether oxygens (including phenoxy) is 2. The Morgan fingerprint density at radius 3 is 2.37 bits per heavy atom. The number of carbonyl (C=O) groups is 4. The zero-order chi connectivity index (χ0) is 36.4. The molecular weight excluding hydrogens is 650 g/mol. The van der Waals surface area contributed by atoms with Gasteiger partial charge in [0.2, 0.25) is 11.8 Å². The molecule has 1 heterocycles. The summed E-state index contributed by atoms with van der Waals surface area (Å²) in [6, 6.07) is 13.9. The molecule has 1 aliphatic heterocycles. The van der Waals surface area contributed by atoms with E-state index in [1.165, 1.54) is 51.1 Å². The predicted molar refractivity (Wildman–Crippen MR) is 185 cm³/mol. The summed E-state index contributed by atoms with van der Waals surface area (Å²) in [6.07, 6.45) is 0.152. The van der Waals surface area contributed by atoms with Gasteiger partial charge in [-0.25, -0.2) is 13.2 Å². The van der Waals surface area contributed by atoms with Crippen LogP contribution < -0.4 is 19.9 Å². The first kappa shape index (κ1) is 36.7. The van der Waals surface area contributed by atoms with E-state index in [9.17, 15) is 32.9 Å². The molecule has 3 aromatic rings. The van der Waals surface area contributed by atoms with E-state index in [1.807, 2.05) is 36.4 Å². The first-order valence-electron chi connectivity index (χ1n) is 15.5. The molecule has 3 aromatic carbocycles. The number of hydrogen-bond acceptors (Lipinski definition) is 9. The van der Waals surface area contributed by atoms with Crippen molar-refractivity contribution >= 4 is 55.8 Å². The second kappa shape index (κ2) is 14.1. The van der Waals surface area contributed by atoms with Crippen molar-refractivity contribution in [2.45, 2.75) is 64.9 Å². The maximum atomic E-state index is 14.8. The maximum absolute atomic E-state index is 14.8. The van der Waals surface area contributed by atoms with E-state index in [0.717, 1.165) is 26.8 Å².